The molecule has 7 nitrogen and oxygen atoms in total. The third-order valence-electron chi connectivity index (χ3n) is 5.40. The Kier molecular flexibility index (Phi) is 4.25. The number of hydrogen-bond donors (Lipinski definition) is 2. The van der Waals surface area contributed by atoms with Crippen LogP contribution in [0.5, 0.6) is 17.2 Å². The number of ketones is 1. The van der Waals surface area contributed by atoms with Crippen LogP contribution in [0.15, 0.2) is 46.1 Å². The van der Waals surface area contributed by atoms with Crippen molar-refractivity contribution in [2.24, 2.45) is 0 Å². The van der Waals surface area contributed by atoms with Crippen LogP contribution in [0.2, 0.25) is 0 Å². The predicted octanol–water partition coefficient (Wildman–Crippen LogP) is 2.68. The summed E-state index contributed by atoms with van der Waals surface area (Å²) in [4.78, 5) is 27.7. The molecule has 5 rings (SSSR count). The van der Waals surface area contributed by atoms with Gasteiger partial charge in [-0.05, 0) is 29.6 Å². The fourth-order valence-electron chi connectivity index (χ4n) is 4.01. The molecule has 2 N–H and O–H groups in total. The molecule has 0 spiro atoms. The molecule has 2 aromatic carbocycles. The SMILES string of the molecule is COc1cc2c3c(c1)c(O)c(C(=O)C1CNSc4ccccc41)c(=O)n3CCO2. The van der Waals surface area contributed by atoms with Crippen molar-refractivity contribution >= 4 is 28.6 Å². The summed E-state index contributed by atoms with van der Waals surface area (Å²) in [6, 6.07) is 10.9. The van der Waals surface area contributed by atoms with Crippen LogP contribution in [0, 0.1) is 0 Å². The quantitative estimate of drug-likeness (QED) is 0.507. The zero-order chi connectivity index (χ0) is 20.1. The van der Waals surface area contributed by atoms with Gasteiger partial charge in [0, 0.05) is 22.9 Å². The van der Waals surface area contributed by atoms with Gasteiger partial charge in [-0.3, -0.25) is 14.3 Å². The number of carbonyl (C=O) groups is 1. The Balaban J connectivity index is 1.75. The van der Waals surface area contributed by atoms with E-state index in [-0.39, 0.29) is 11.3 Å². The number of nitrogens with zero attached hydrogens (tertiary/aromatic N) is 1. The summed E-state index contributed by atoms with van der Waals surface area (Å²) < 4.78 is 15.6. The van der Waals surface area contributed by atoms with Crippen LogP contribution in [0.25, 0.3) is 10.9 Å². The average Bonchev–Trinajstić information content (AvgIpc) is 2.76. The molecule has 0 saturated heterocycles. The monoisotopic (exact) mass is 410 g/mol. The number of ether oxygens (including phenoxy) is 2. The maximum Gasteiger partial charge on any atom is 0.265 e. The first-order valence-corrected chi connectivity index (χ1v) is 10.0. The van der Waals surface area contributed by atoms with E-state index in [1.807, 2.05) is 24.3 Å². The third kappa shape index (κ3) is 2.71. The Morgan fingerprint density at radius 3 is 3.00 bits per heavy atom. The highest BCUT2D eigenvalue weighted by atomic mass is 32.2. The van der Waals surface area contributed by atoms with Gasteiger partial charge < -0.3 is 19.1 Å². The van der Waals surface area contributed by atoms with Gasteiger partial charge >= 0.3 is 0 Å². The Morgan fingerprint density at radius 2 is 2.17 bits per heavy atom. The first-order valence-electron chi connectivity index (χ1n) is 9.23. The molecule has 0 saturated carbocycles. The van der Waals surface area contributed by atoms with E-state index >= 15 is 0 Å². The summed E-state index contributed by atoms with van der Waals surface area (Å²) in [6.45, 7) is 0.993. The highest BCUT2D eigenvalue weighted by Crippen LogP contribution is 2.40. The molecule has 29 heavy (non-hydrogen) atoms. The number of pyridine rings is 1. The summed E-state index contributed by atoms with van der Waals surface area (Å²) in [7, 11) is 1.51. The minimum absolute atomic E-state index is 0.188. The van der Waals surface area contributed by atoms with Gasteiger partial charge in [-0.15, -0.1) is 0 Å². The maximum atomic E-state index is 13.5. The average molecular weight is 410 g/mol. The van der Waals surface area contributed by atoms with E-state index in [2.05, 4.69) is 4.72 Å². The van der Waals surface area contributed by atoms with Gasteiger partial charge in [0.2, 0.25) is 0 Å². The van der Waals surface area contributed by atoms with Gasteiger partial charge in [-0.2, -0.15) is 0 Å². The fraction of sp³-hybridized carbons (Fsp3) is 0.238. The molecular formula is C21H18N2O5S. The topological polar surface area (TPSA) is 89.8 Å². The van der Waals surface area contributed by atoms with Crippen molar-refractivity contribution in [2.75, 3.05) is 20.3 Å². The van der Waals surface area contributed by atoms with Crippen LogP contribution >= 0.6 is 11.9 Å². The smallest absolute Gasteiger partial charge is 0.265 e. The molecule has 0 radical (unpaired) electrons. The molecule has 3 heterocycles. The van der Waals surface area contributed by atoms with Crippen molar-refractivity contribution in [3.63, 3.8) is 0 Å². The summed E-state index contributed by atoms with van der Waals surface area (Å²) >= 11 is 1.46. The van der Waals surface area contributed by atoms with Crippen LogP contribution in [0.3, 0.4) is 0 Å². The summed E-state index contributed by atoms with van der Waals surface area (Å²) in [5.74, 6) is -0.337. The van der Waals surface area contributed by atoms with Crippen LogP contribution < -0.4 is 19.8 Å². The Bertz CT molecular complexity index is 1220. The van der Waals surface area contributed by atoms with Crippen molar-refractivity contribution in [3.8, 4) is 17.2 Å². The van der Waals surface area contributed by atoms with Crippen molar-refractivity contribution in [1.29, 1.82) is 0 Å². The number of benzene rings is 2. The highest BCUT2D eigenvalue weighted by Gasteiger charge is 2.33. The molecule has 1 unspecified atom stereocenters. The zero-order valence-electron chi connectivity index (χ0n) is 15.6. The lowest BCUT2D eigenvalue weighted by Crippen LogP contribution is -2.35. The Hall–Kier alpha value is -2.97. The van der Waals surface area contributed by atoms with Gasteiger partial charge in [0.15, 0.2) is 5.78 Å². The van der Waals surface area contributed by atoms with E-state index in [9.17, 15) is 14.7 Å². The number of hydrogen-bond acceptors (Lipinski definition) is 7. The minimum atomic E-state index is -0.554. The third-order valence-corrected chi connectivity index (χ3v) is 6.31. The lowest BCUT2D eigenvalue weighted by atomic mass is 9.89. The second-order valence-corrected chi connectivity index (χ2v) is 7.89. The molecule has 0 aliphatic carbocycles. The van der Waals surface area contributed by atoms with Crippen LogP contribution in [0.1, 0.15) is 21.8 Å². The number of carbonyl (C=O) groups excluding carboxylic acids is 1. The molecule has 1 aromatic heterocycles. The van der Waals surface area contributed by atoms with E-state index in [0.717, 1.165) is 10.5 Å². The molecule has 2 aliphatic rings. The van der Waals surface area contributed by atoms with E-state index in [4.69, 9.17) is 9.47 Å². The number of aromatic nitrogens is 1. The standard InChI is InChI=1S/C21H18N2O5S/c1-27-11-8-13-18-15(9-11)28-7-6-23(18)21(26)17(19(13)24)20(25)14-10-22-29-16-5-3-2-4-12(14)16/h2-5,8-9,14,22,24H,6-7,10H2,1H3. The summed E-state index contributed by atoms with van der Waals surface area (Å²) in [5.41, 5.74) is 0.653. The lowest BCUT2D eigenvalue weighted by Gasteiger charge is -2.26. The molecule has 1 atom stereocenters. The molecule has 8 heteroatoms. The minimum Gasteiger partial charge on any atom is -0.506 e. The number of rotatable bonds is 3. The number of nitrogens with one attached hydrogen (secondary N) is 1. The Morgan fingerprint density at radius 1 is 1.34 bits per heavy atom. The predicted molar refractivity (Wildman–Crippen MR) is 109 cm³/mol. The molecule has 2 aliphatic heterocycles. The van der Waals surface area contributed by atoms with Gasteiger partial charge in [0.1, 0.15) is 29.4 Å². The summed E-state index contributed by atoms with van der Waals surface area (Å²) in [5, 5.41) is 11.4. The van der Waals surface area contributed by atoms with Gasteiger partial charge in [-0.1, -0.05) is 18.2 Å². The molecule has 3 aromatic rings. The van der Waals surface area contributed by atoms with Crippen LogP contribution in [-0.2, 0) is 6.54 Å². The normalized spacial score (nSPS) is 17.5. The maximum absolute atomic E-state index is 13.5. The van der Waals surface area contributed by atoms with E-state index in [1.165, 1.54) is 23.6 Å². The first-order chi connectivity index (χ1) is 14.1. The number of Topliss-reactive ketones (excluding diaryl/α,β-unsaturated/α-hetero) is 1. The van der Waals surface area contributed by atoms with E-state index in [0.29, 0.717) is 42.1 Å². The van der Waals surface area contributed by atoms with Crippen molar-refractivity contribution in [3.05, 3.63) is 57.9 Å². The summed E-state index contributed by atoms with van der Waals surface area (Å²) in [6.07, 6.45) is 0. The number of methoxy groups -OCH3 is 1. The molecule has 0 bridgehead atoms. The second kappa shape index (κ2) is 6.82. The van der Waals surface area contributed by atoms with Crippen LogP contribution in [0.4, 0.5) is 0 Å². The Labute approximate surface area is 170 Å². The van der Waals surface area contributed by atoms with Gasteiger partial charge in [0.25, 0.3) is 5.56 Å². The fourth-order valence-corrected chi connectivity index (χ4v) is 4.89. The molecule has 0 amide bonds. The van der Waals surface area contributed by atoms with Crippen LogP contribution in [-0.4, -0.2) is 35.7 Å². The molecule has 148 valence electrons. The van der Waals surface area contributed by atoms with Gasteiger partial charge in [-0.25, -0.2) is 0 Å². The molecule has 0 fully saturated rings. The van der Waals surface area contributed by atoms with E-state index < -0.39 is 17.3 Å². The van der Waals surface area contributed by atoms with Crippen molar-refractivity contribution in [1.82, 2.24) is 9.29 Å². The largest absolute Gasteiger partial charge is 0.506 e. The molecular weight excluding hydrogens is 392 g/mol. The highest BCUT2D eigenvalue weighted by molar-refractivity contribution is 7.97. The number of fused-ring (bicyclic) bond motifs is 1. The van der Waals surface area contributed by atoms with Crippen molar-refractivity contribution in [2.45, 2.75) is 17.4 Å². The van der Waals surface area contributed by atoms with Gasteiger partial charge in [0.05, 0.1) is 25.1 Å². The van der Waals surface area contributed by atoms with E-state index in [1.54, 1.807) is 12.1 Å². The first kappa shape index (κ1) is 18.1. The zero-order valence-corrected chi connectivity index (χ0v) is 16.4. The van der Waals surface area contributed by atoms with Crippen molar-refractivity contribution < 1.29 is 19.4 Å². The second-order valence-electron chi connectivity index (χ2n) is 6.96. The lowest BCUT2D eigenvalue weighted by molar-refractivity contribution is 0.0954. The number of aromatic hydroxyl groups is 1.